The number of nitriles is 1. The molecule has 0 fully saturated rings. The Morgan fingerprint density at radius 3 is 2.50 bits per heavy atom. The van der Waals surface area contributed by atoms with Crippen molar-refractivity contribution in [3.63, 3.8) is 0 Å². The molecule has 68 valence electrons. The minimum atomic E-state index is -0.0414. The molecule has 0 saturated heterocycles. The van der Waals surface area contributed by atoms with E-state index in [2.05, 4.69) is 0 Å². The highest BCUT2D eigenvalue weighted by Crippen LogP contribution is 2.31. The Morgan fingerprint density at radius 2 is 1.86 bits per heavy atom. The number of phenols is 1. The summed E-state index contributed by atoms with van der Waals surface area (Å²) in [5, 5.41) is 19.8. The van der Waals surface area contributed by atoms with Crippen molar-refractivity contribution in [2.24, 2.45) is 0 Å². The van der Waals surface area contributed by atoms with Crippen molar-refractivity contribution in [3.05, 3.63) is 35.9 Å². The quantitative estimate of drug-likeness (QED) is 0.486. The van der Waals surface area contributed by atoms with Gasteiger partial charge in [-0.15, -0.1) is 0 Å². The summed E-state index contributed by atoms with van der Waals surface area (Å²) >= 11 is 0. The van der Waals surface area contributed by atoms with Gasteiger partial charge in [-0.1, -0.05) is 24.3 Å². The molecule has 2 rings (SSSR count). The average molecular weight is 184 g/mol. The number of hydrogen-bond donors (Lipinski definition) is 2. The van der Waals surface area contributed by atoms with Gasteiger partial charge in [0.15, 0.2) is 0 Å². The number of aromatic hydroxyl groups is 1. The molecule has 2 aromatic carbocycles. The zero-order valence-electron chi connectivity index (χ0n) is 7.36. The number of phenolic OH excluding ortho intramolecular Hbond substituents is 1. The number of nitrogens with two attached hydrogens (primary N) is 1. The maximum Gasteiger partial charge on any atom is 0.140 e. The molecule has 0 aliphatic rings. The summed E-state index contributed by atoms with van der Waals surface area (Å²) in [5.74, 6) is -0.0414. The van der Waals surface area contributed by atoms with Crippen LogP contribution < -0.4 is 5.73 Å². The predicted molar refractivity (Wildman–Crippen MR) is 54.7 cm³/mol. The lowest BCUT2D eigenvalue weighted by Gasteiger charge is -2.05. The standard InChI is InChI=1S/C11H8N2O/c12-6-7-5-10(14)11(13)9-4-2-1-3-8(7)9/h1-5,14H,13H2. The van der Waals surface area contributed by atoms with Crippen molar-refractivity contribution < 1.29 is 5.11 Å². The molecule has 0 bridgehead atoms. The third-order valence-corrected chi connectivity index (χ3v) is 2.18. The largest absolute Gasteiger partial charge is 0.506 e. The summed E-state index contributed by atoms with van der Waals surface area (Å²) in [4.78, 5) is 0. The molecule has 3 heteroatoms. The van der Waals surface area contributed by atoms with Gasteiger partial charge in [0, 0.05) is 16.8 Å². The summed E-state index contributed by atoms with van der Waals surface area (Å²) in [7, 11) is 0. The Balaban J connectivity index is 2.99. The molecule has 3 N–H and O–H groups in total. The second kappa shape index (κ2) is 2.93. The van der Waals surface area contributed by atoms with Crippen LogP contribution in [0.3, 0.4) is 0 Å². The topological polar surface area (TPSA) is 70.0 Å². The van der Waals surface area contributed by atoms with Gasteiger partial charge in [-0.25, -0.2) is 0 Å². The molecule has 0 radical (unpaired) electrons. The molecule has 0 aliphatic carbocycles. The van der Waals surface area contributed by atoms with E-state index >= 15 is 0 Å². The van der Waals surface area contributed by atoms with Crippen molar-refractivity contribution >= 4 is 16.5 Å². The minimum absolute atomic E-state index is 0.0414. The highest BCUT2D eigenvalue weighted by molar-refractivity contribution is 5.99. The molecule has 0 unspecified atom stereocenters. The summed E-state index contributed by atoms with van der Waals surface area (Å²) < 4.78 is 0. The van der Waals surface area contributed by atoms with Gasteiger partial charge in [-0.2, -0.15) is 5.26 Å². The van der Waals surface area contributed by atoms with Crippen molar-refractivity contribution in [2.75, 3.05) is 5.73 Å². The van der Waals surface area contributed by atoms with E-state index < -0.39 is 0 Å². The van der Waals surface area contributed by atoms with E-state index in [1.54, 1.807) is 6.07 Å². The number of nitrogens with zero attached hydrogens (tertiary/aromatic N) is 1. The van der Waals surface area contributed by atoms with Crippen LogP contribution in [0.1, 0.15) is 5.56 Å². The Labute approximate surface area is 81.0 Å². The lowest BCUT2D eigenvalue weighted by Crippen LogP contribution is -1.90. The average Bonchev–Trinajstić information content (AvgIpc) is 2.23. The van der Waals surface area contributed by atoms with Crippen LogP contribution in [-0.2, 0) is 0 Å². The van der Waals surface area contributed by atoms with Gasteiger partial charge in [-0.3, -0.25) is 0 Å². The van der Waals surface area contributed by atoms with Crippen LogP contribution in [0, 0.1) is 11.3 Å². The zero-order chi connectivity index (χ0) is 10.1. The number of hydrogen-bond acceptors (Lipinski definition) is 3. The van der Waals surface area contributed by atoms with E-state index in [-0.39, 0.29) is 5.75 Å². The molecular weight excluding hydrogens is 176 g/mol. The van der Waals surface area contributed by atoms with Crippen LogP contribution in [0.2, 0.25) is 0 Å². The zero-order valence-corrected chi connectivity index (χ0v) is 7.36. The van der Waals surface area contributed by atoms with Gasteiger partial charge in [0.25, 0.3) is 0 Å². The Morgan fingerprint density at radius 1 is 1.21 bits per heavy atom. The molecule has 0 aromatic heterocycles. The SMILES string of the molecule is N#Cc1cc(O)c(N)c2ccccc12. The number of benzene rings is 2. The highest BCUT2D eigenvalue weighted by atomic mass is 16.3. The van der Waals surface area contributed by atoms with Crippen molar-refractivity contribution in [1.29, 1.82) is 5.26 Å². The highest BCUT2D eigenvalue weighted by Gasteiger charge is 2.07. The smallest absolute Gasteiger partial charge is 0.140 e. The fourth-order valence-corrected chi connectivity index (χ4v) is 1.48. The number of anilines is 1. The Hall–Kier alpha value is -2.21. The van der Waals surface area contributed by atoms with E-state index in [0.29, 0.717) is 16.6 Å². The molecule has 0 aliphatic heterocycles. The summed E-state index contributed by atoms with van der Waals surface area (Å²) in [6, 6.07) is 10.7. The van der Waals surface area contributed by atoms with E-state index in [1.807, 2.05) is 24.3 Å². The van der Waals surface area contributed by atoms with Crippen molar-refractivity contribution in [3.8, 4) is 11.8 Å². The van der Waals surface area contributed by atoms with Crippen molar-refractivity contribution in [1.82, 2.24) is 0 Å². The first-order valence-corrected chi connectivity index (χ1v) is 4.14. The second-order valence-corrected chi connectivity index (χ2v) is 3.01. The van der Waals surface area contributed by atoms with Gasteiger partial charge < -0.3 is 10.8 Å². The lowest BCUT2D eigenvalue weighted by molar-refractivity contribution is 0.478. The molecule has 0 atom stereocenters. The summed E-state index contributed by atoms with van der Waals surface area (Å²) in [6.45, 7) is 0. The number of nitrogen functional groups attached to an aromatic ring is 1. The molecule has 3 nitrogen and oxygen atoms in total. The molecular formula is C11H8N2O. The van der Waals surface area contributed by atoms with Crippen LogP contribution >= 0.6 is 0 Å². The number of rotatable bonds is 0. The Bertz CT molecular complexity index is 541. The van der Waals surface area contributed by atoms with Crippen LogP contribution in [0.15, 0.2) is 30.3 Å². The van der Waals surface area contributed by atoms with E-state index in [9.17, 15) is 5.11 Å². The van der Waals surface area contributed by atoms with Gasteiger partial charge in [0.2, 0.25) is 0 Å². The molecule has 0 saturated carbocycles. The van der Waals surface area contributed by atoms with Crippen LogP contribution in [-0.4, -0.2) is 5.11 Å². The molecule has 0 heterocycles. The predicted octanol–water partition coefficient (Wildman–Crippen LogP) is 2.00. The van der Waals surface area contributed by atoms with E-state index in [0.717, 1.165) is 5.39 Å². The summed E-state index contributed by atoms with van der Waals surface area (Å²) in [6.07, 6.45) is 0. The molecule has 2 aromatic rings. The van der Waals surface area contributed by atoms with Crippen LogP contribution in [0.25, 0.3) is 10.8 Å². The maximum atomic E-state index is 9.45. The monoisotopic (exact) mass is 184 g/mol. The van der Waals surface area contributed by atoms with Crippen LogP contribution in [0.4, 0.5) is 5.69 Å². The first-order valence-electron chi connectivity index (χ1n) is 4.14. The van der Waals surface area contributed by atoms with Crippen molar-refractivity contribution in [2.45, 2.75) is 0 Å². The van der Waals surface area contributed by atoms with E-state index in [4.69, 9.17) is 11.0 Å². The first kappa shape index (κ1) is 8.39. The molecule has 0 amide bonds. The third kappa shape index (κ3) is 1.05. The summed E-state index contributed by atoms with van der Waals surface area (Å²) in [5.41, 5.74) is 6.44. The molecule has 14 heavy (non-hydrogen) atoms. The van der Waals surface area contributed by atoms with E-state index in [1.165, 1.54) is 6.07 Å². The second-order valence-electron chi connectivity index (χ2n) is 3.01. The van der Waals surface area contributed by atoms with Gasteiger partial charge >= 0.3 is 0 Å². The van der Waals surface area contributed by atoms with Gasteiger partial charge in [0.1, 0.15) is 5.75 Å². The maximum absolute atomic E-state index is 9.45. The Kier molecular flexibility index (Phi) is 1.76. The normalized spacial score (nSPS) is 9.93. The third-order valence-electron chi connectivity index (χ3n) is 2.18. The molecule has 0 spiro atoms. The fraction of sp³-hybridized carbons (Fsp3) is 0. The minimum Gasteiger partial charge on any atom is -0.506 e. The first-order chi connectivity index (χ1) is 6.74. The van der Waals surface area contributed by atoms with Gasteiger partial charge in [0.05, 0.1) is 17.3 Å². The number of fused-ring (bicyclic) bond motifs is 1. The fourth-order valence-electron chi connectivity index (χ4n) is 1.48. The van der Waals surface area contributed by atoms with Gasteiger partial charge in [-0.05, 0) is 0 Å². The lowest BCUT2D eigenvalue weighted by atomic mass is 10.0. The van der Waals surface area contributed by atoms with Crippen LogP contribution in [0.5, 0.6) is 5.75 Å².